The van der Waals surface area contributed by atoms with Gasteiger partial charge < -0.3 is 10.0 Å². The van der Waals surface area contributed by atoms with Gasteiger partial charge in [0.15, 0.2) is 0 Å². The molecule has 20 heavy (non-hydrogen) atoms. The van der Waals surface area contributed by atoms with Crippen molar-refractivity contribution in [2.75, 3.05) is 11.9 Å². The van der Waals surface area contributed by atoms with Crippen LogP contribution in [0.25, 0.3) is 11.1 Å². The Hall–Kier alpha value is -2.29. The first-order valence-electron chi connectivity index (χ1n) is 6.55. The number of aliphatic carboxylic acids is 1. The topological polar surface area (TPSA) is 40.5 Å². The fraction of sp³-hybridized carbons (Fsp3) is 0.235. The lowest BCUT2D eigenvalue weighted by Crippen LogP contribution is -2.48. The van der Waals surface area contributed by atoms with Crippen LogP contribution >= 0.6 is 0 Å². The Balaban J connectivity index is 2.27. The second-order valence-corrected chi connectivity index (χ2v) is 5.34. The van der Waals surface area contributed by atoms with Gasteiger partial charge >= 0.3 is 5.97 Å². The van der Waals surface area contributed by atoms with E-state index in [4.69, 9.17) is 0 Å². The van der Waals surface area contributed by atoms with Crippen molar-refractivity contribution >= 4 is 11.7 Å². The van der Waals surface area contributed by atoms with Gasteiger partial charge in [-0.3, -0.25) is 0 Å². The van der Waals surface area contributed by atoms with Crippen LogP contribution < -0.4 is 4.90 Å². The molecule has 0 aliphatic rings. The monoisotopic (exact) mass is 269 g/mol. The SMILES string of the molecule is CN(c1ccc(-c2ccccc2)cc1)C(C)(C)C(=O)O. The zero-order valence-electron chi connectivity index (χ0n) is 12.0. The van der Waals surface area contributed by atoms with Gasteiger partial charge in [0.2, 0.25) is 0 Å². The molecule has 3 heteroatoms. The van der Waals surface area contributed by atoms with Gasteiger partial charge in [-0.1, -0.05) is 42.5 Å². The molecule has 0 heterocycles. The van der Waals surface area contributed by atoms with Crippen LogP contribution in [0.1, 0.15) is 13.8 Å². The van der Waals surface area contributed by atoms with E-state index in [-0.39, 0.29) is 0 Å². The van der Waals surface area contributed by atoms with Crippen LogP contribution in [0.3, 0.4) is 0 Å². The van der Waals surface area contributed by atoms with E-state index in [1.165, 1.54) is 0 Å². The highest BCUT2D eigenvalue weighted by atomic mass is 16.4. The average Bonchev–Trinajstić information content (AvgIpc) is 2.47. The summed E-state index contributed by atoms with van der Waals surface area (Å²) < 4.78 is 0. The summed E-state index contributed by atoms with van der Waals surface area (Å²) in [7, 11) is 1.80. The van der Waals surface area contributed by atoms with Crippen LogP contribution in [0.15, 0.2) is 54.6 Å². The van der Waals surface area contributed by atoms with Gasteiger partial charge in [-0.05, 0) is 37.1 Å². The number of nitrogens with zero attached hydrogens (tertiary/aromatic N) is 1. The maximum absolute atomic E-state index is 11.3. The summed E-state index contributed by atoms with van der Waals surface area (Å²) in [5, 5.41) is 9.26. The van der Waals surface area contributed by atoms with Crippen molar-refractivity contribution in [3.8, 4) is 11.1 Å². The molecule has 0 saturated heterocycles. The minimum Gasteiger partial charge on any atom is -0.480 e. The predicted molar refractivity (Wildman–Crippen MR) is 82.0 cm³/mol. The second kappa shape index (κ2) is 5.37. The van der Waals surface area contributed by atoms with E-state index in [9.17, 15) is 9.90 Å². The summed E-state index contributed by atoms with van der Waals surface area (Å²) in [5.74, 6) is -0.841. The van der Waals surface area contributed by atoms with Gasteiger partial charge in [0.05, 0.1) is 0 Å². The highest BCUT2D eigenvalue weighted by molar-refractivity contribution is 5.82. The molecular formula is C17H19NO2. The number of hydrogen-bond acceptors (Lipinski definition) is 2. The molecule has 1 N–H and O–H groups in total. The highest BCUT2D eigenvalue weighted by Gasteiger charge is 2.32. The molecule has 0 unspecified atom stereocenters. The zero-order chi connectivity index (χ0) is 14.8. The minimum absolute atomic E-state index is 0.841. The molecule has 0 atom stereocenters. The van der Waals surface area contributed by atoms with E-state index < -0.39 is 11.5 Å². The van der Waals surface area contributed by atoms with Crippen LogP contribution in [0.2, 0.25) is 0 Å². The molecule has 0 spiro atoms. The fourth-order valence-corrected chi connectivity index (χ4v) is 1.97. The summed E-state index contributed by atoms with van der Waals surface area (Å²) >= 11 is 0. The van der Waals surface area contributed by atoms with Crippen LogP contribution in [0.4, 0.5) is 5.69 Å². The number of hydrogen-bond donors (Lipinski definition) is 1. The summed E-state index contributed by atoms with van der Waals surface area (Å²) in [6.07, 6.45) is 0. The number of carbonyl (C=O) groups is 1. The first-order chi connectivity index (χ1) is 9.43. The fourth-order valence-electron chi connectivity index (χ4n) is 1.97. The normalized spacial score (nSPS) is 11.2. The third-order valence-corrected chi connectivity index (χ3v) is 3.72. The second-order valence-electron chi connectivity index (χ2n) is 5.34. The van der Waals surface area contributed by atoms with Crippen molar-refractivity contribution in [2.45, 2.75) is 19.4 Å². The van der Waals surface area contributed by atoms with E-state index in [1.807, 2.05) is 42.5 Å². The van der Waals surface area contributed by atoms with E-state index in [2.05, 4.69) is 12.1 Å². The number of anilines is 1. The van der Waals surface area contributed by atoms with E-state index in [0.717, 1.165) is 16.8 Å². The summed E-state index contributed by atoms with van der Waals surface area (Å²) in [6.45, 7) is 3.39. The summed E-state index contributed by atoms with van der Waals surface area (Å²) in [6, 6.07) is 18.0. The standard InChI is InChI=1S/C17H19NO2/c1-17(2,16(19)20)18(3)15-11-9-14(10-12-15)13-7-5-4-6-8-13/h4-12H,1-3H3,(H,19,20). The zero-order valence-corrected chi connectivity index (χ0v) is 12.0. The molecule has 0 saturated carbocycles. The lowest BCUT2D eigenvalue weighted by molar-refractivity contribution is -0.142. The molecule has 3 nitrogen and oxygen atoms in total. The maximum atomic E-state index is 11.3. The number of likely N-dealkylation sites (N-methyl/N-ethyl adjacent to an activating group) is 1. The molecular weight excluding hydrogens is 250 g/mol. The van der Waals surface area contributed by atoms with Crippen LogP contribution in [-0.2, 0) is 4.79 Å². The van der Waals surface area contributed by atoms with Crippen molar-refractivity contribution in [1.29, 1.82) is 0 Å². The largest absolute Gasteiger partial charge is 0.480 e. The van der Waals surface area contributed by atoms with E-state index >= 15 is 0 Å². The molecule has 2 rings (SSSR count). The Labute approximate surface area is 119 Å². The quantitative estimate of drug-likeness (QED) is 0.921. The molecule has 0 amide bonds. The molecule has 0 aliphatic heterocycles. The van der Waals surface area contributed by atoms with Gasteiger partial charge in [0.1, 0.15) is 5.54 Å². The molecule has 0 aliphatic carbocycles. The van der Waals surface area contributed by atoms with Gasteiger partial charge in [-0.2, -0.15) is 0 Å². The Morgan fingerprint density at radius 2 is 1.45 bits per heavy atom. The third kappa shape index (κ3) is 2.67. The van der Waals surface area contributed by atoms with Gasteiger partial charge in [0.25, 0.3) is 0 Å². The molecule has 104 valence electrons. The number of benzene rings is 2. The van der Waals surface area contributed by atoms with Crippen LogP contribution in [-0.4, -0.2) is 23.7 Å². The van der Waals surface area contributed by atoms with Gasteiger partial charge in [-0.25, -0.2) is 4.79 Å². The summed E-state index contributed by atoms with van der Waals surface area (Å²) in [5.41, 5.74) is 2.22. The van der Waals surface area contributed by atoms with Crippen molar-refractivity contribution in [1.82, 2.24) is 0 Å². The van der Waals surface area contributed by atoms with Crippen LogP contribution in [0.5, 0.6) is 0 Å². The van der Waals surface area contributed by atoms with Crippen LogP contribution in [0, 0.1) is 0 Å². The Morgan fingerprint density at radius 3 is 1.95 bits per heavy atom. The molecule has 2 aromatic carbocycles. The first-order valence-corrected chi connectivity index (χ1v) is 6.55. The molecule has 0 radical (unpaired) electrons. The molecule has 0 bridgehead atoms. The molecule has 2 aromatic rings. The predicted octanol–water partition coefficient (Wildman–Crippen LogP) is 3.65. The van der Waals surface area contributed by atoms with Crippen molar-refractivity contribution in [3.63, 3.8) is 0 Å². The smallest absolute Gasteiger partial charge is 0.328 e. The van der Waals surface area contributed by atoms with Gasteiger partial charge in [0, 0.05) is 12.7 Å². The third-order valence-electron chi connectivity index (χ3n) is 3.72. The summed E-state index contributed by atoms with van der Waals surface area (Å²) in [4.78, 5) is 13.1. The van der Waals surface area contributed by atoms with Crippen molar-refractivity contribution in [2.24, 2.45) is 0 Å². The Morgan fingerprint density at radius 1 is 0.950 bits per heavy atom. The molecule has 0 fully saturated rings. The number of rotatable bonds is 4. The number of carboxylic acids is 1. The van der Waals surface area contributed by atoms with Crippen molar-refractivity contribution in [3.05, 3.63) is 54.6 Å². The highest BCUT2D eigenvalue weighted by Crippen LogP contribution is 2.26. The molecule has 0 aromatic heterocycles. The Bertz CT molecular complexity index is 588. The van der Waals surface area contributed by atoms with Crippen molar-refractivity contribution < 1.29 is 9.90 Å². The number of carboxylic acid groups (broad SMARTS) is 1. The minimum atomic E-state index is -0.936. The first kappa shape index (κ1) is 14.1. The maximum Gasteiger partial charge on any atom is 0.328 e. The Kier molecular flexibility index (Phi) is 3.79. The average molecular weight is 269 g/mol. The van der Waals surface area contributed by atoms with E-state index in [1.54, 1.807) is 25.8 Å². The lowest BCUT2D eigenvalue weighted by atomic mass is 10.0. The van der Waals surface area contributed by atoms with Gasteiger partial charge in [-0.15, -0.1) is 0 Å². The lowest BCUT2D eigenvalue weighted by Gasteiger charge is -2.33. The van der Waals surface area contributed by atoms with E-state index in [0.29, 0.717) is 0 Å².